The summed E-state index contributed by atoms with van der Waals surface area (Å²) in [6, 6.07) is 60.6. The maximum absolute atomic E-state index is 11.1. The van der Waals surface area contributed by atoms with E-state index in [2.05, 4.69) is 151 Å². The number of hydrogen-bond acceptors (Lipinski definition) is 3. The average Bonchev–Trinajstić information content (AvgIpc) is 3.61. The number of anilines is 3. The van der Waals surface area contributed by atoms with Crippen LogP contribution in [0.25, 0.3) is 38.6 Å². The van der Waals surface area contributed by atoms with Crippen LogP contribution in [0.5, 0.6) is 0 Å². The van der Waals surface area contributed by atoms with Crippen molar-refractivity contribution in [1.82, 2.24) is 0 Å². The normalized spacial score (nSPS) is 16.5. The number of rotatable bonds is 6. The molecule has 0 radical (unpaired) electrons. The second-order valence-corrected chi connectivity index (χ2v) is 14.1. The Hall–Kier alpha value is -6.58. The minimum absolute atomic E-state index is 0.0499. The van der Waals surface area contributed by atoms with Crippen LogP contribution in [0.1, 0.15) is 46.1 Å². The monoisotopic (exact) mass is 683 g/mol. The van der Waals surface area contributed by atoms with E-state index in [9.17, 15) is 5.11 Å². The van der Waals surface area contributed by atoms with Crippen LogP contribution in [-0.2, 0) is 6.42 Å². The zero-order valence-electron chi connectivity index (χ0n) is 29.2. The number of aliphatic hydroxyl groups is 1. The number of hydrogen-bond donors (Lipinski definition) is 1. The summed E-state index contributed by atoms with van der Waals surface area (Å²) >= 11 is 0. The Morgan fingerprint density at radius 3 is 1.98 bits per heavy atom. The molecule has 1 heterocycles. The highest BCUT2D eigenvalue weighted by Crippen LogP contribution is 2.47. The van der Waals surface area contributed by atoms with Gasteiger partial charge >= 0.3 is 0 Å². The summed E-state index contributed by atoms with van der Waals surface area (Å²) in [6.07, 6.45) is 5.71. The molecule has 0 spiro atoms. The topological polar surface area (TPSA) is 36.6 Å². The van der Waals surface area contributed by atoms with Gasteiger partial charge in [0.1, 0.15) is 16.9 Å². The van der Waals surface area contributed by atoms with Crippen LogP contribution >= 0.6 is 0 Å². The van der Waals surface area contributed by atoms with Crippen LogP contribution < -0.4 is 4.90 Å². The first-order chi connectivity index (χ1) is 26.2. The fourth-order valence-electron chi connectivity index (χ4n) is 8.69. The Labute approximate surface area is 309 Å². The lowest BCUT2D eigenvalue weighted by Gasteiger charge is -2.30. The summed E-state index contributed by atoms with van der Waals surface area (Å²) in [5.74, 6) is 0.659. The minimum atomic E-state index is 0.0499. The lowest BCUT2D eigenvalue weighted by molar-refractivity contribution is 0.429. The Morgan fingerprint density at radius 1 is 0.547 bits per heavy atom. The van der Waals surface area contributed by atoms with Crippen molar-refractivity contribution in [2.45, 2.75) is 24.7 Å². The summed E-state index contributed by atoms with van der Waals surface area (Å²) in [4.78, 5) is 2.36. The third kappa shape index (κ3) is 5.36. The molecule has 1 aromatic heterocycles. The van der Waals surface area contributed by atoms with Crippen LogP contribution in [-0.4, -0.2) is 5.11 Å². The number of benzene rings is 7. The van der Waals surface area contributed by atoms with Crippen molar-refractivity contribution in [2.75, 3.05) is 4.90 Å². The summed E-state index contributed by atoms with van der Waals surface area (Å²) in [5, 5.41) is 13.2. The molecule has 0 amide bonds. The molecule has 53 heavy (non-hydrogen) atoms. The largest absolute Gasteiger partial charge is 0.508 e. The molecule has 7 aromatic carbocycles. The number of allylic oxidation sites excluding steroid dienone is 3. The SMILES string of the molecule is OC1=C(c2ccccc2)C(c2ccc(N(c3ccc(C4Cc5ccccc5-c5ccccc54)cc3)c3cccc4oc5ccccc5c34)cc2)CC=C1. The van der Waals surface area contributed by atoms with E-state index in [4.69, 9.17) is 4.42 Å². The van der Waals surface area contributed by atoms with Crippen LogP contribution in [0.15, 0.2) is 192 Å². The van der Waals surface area contributed by atoms with E-state index in [0.29, 0.717) is 5.76 Å². The van der Waals surface area contributed by atoms with Crippen molar-refractivity contribution in [3.8, 4) is 11.1 Å². The summed E-state index contributed by atoms with van der Waals surface area (Å²) in [6.45, 7) is 0. The highest BCUT2D eigenvalue weighted by molar-refractivity contribution is 6.13. The van der Waals surface area contributed by atoms with Gasteiger partial charge < -0.3 is 14.4 Å². The molecule has 0 bridgehead atoms. The molecule has 2 aliphatic carbocycles. The highest BCUT2D eigenvalue weighted by atomic mass is 16.3. The van der Waals surface area contributed by atoms with E-state index in [0.717, 1.165) is 63.0 Å². The molecule has 0 fully saturated rings. The Balaban J connectivity index is 1.08. The van der Waals surface area contributed by atoms with Gasteiger partial charge in [0, 0.05) is 34.2 Å². The van der Waals surface area contributed by atoms with Crippen LogP contribution in [0.3, 0.4) is 0 Å². The number of nitrogens with zero attached hydrogens (tertiary/aromatic N) is 1. The van der Waals surface area contributed by atoms with Gasteiger partial charge in [-0.2, -0.15) is 0 Å². The fraction of sp³-hybridized carbons (Fsp3) is 0.0800. The van der Waals surface area contributed by atoms with Gasteiger partial charge in [-0.05, 0) is 100 Å². The molecule has 0 aliphatic heterocycles. The van der Waals surface area contributed by atoms with Crippen LogP contribution in [0.4, 0.5) is 17.1 Å². The predicted octanol–water partition coefficient (Wildman–Crippen LogP) is 13.4. The van der Waals surface area contributed by atoms with Crippen LogP contribution in [0.2, 0.25) is 0 Å². The maximum Gasteiger partial charge on any atom is 0.137 e. The molecule has 10 rings (SSSR count). The molecule has 3 heteroatoms. The first kappa shape index (κ1) is 31.2. The summed E-state index contributed by atoms with van der Waals surface area (Å²) in [7, 11) is 0. The molecule has 2 unspecified atom stereocenters. The van der Waals surface area contributed by atoms with Crippen LogP contribution in [0, 0.1) is 0 Å². The van der Waals surface area contributed by atoms with E-state index in [1.54, 1.807) is 0 Å². The van der Waals surface area contributed by atoms with E-state index >= 15 is 0 Å². The lowest BCUT2D eigenvalue weighted by Crippen LogP contribution is -2.14. The maximum atomic E-state index is 11.1. The molecule has 2 aliphatic rings. The van der Waals surface area contributed by atoms with Gasteiger partial charge in [0.25, 0.3) is 0 Å². The van der Waals surface area contributed by atoms with E-state index in [1.807, 2.05) is 36.4 Å². The minimum Gasteiger partial charge on any atom is -0.508 e. The van der Waals surface area contributed by atoms with Crippen molar-refractivity contribution in [2.24, 2.45) is 0 Å². The van der Waals surface area contributed by atoms with Gasteiger partial charge in [-0.3, -0.25) is 0 Å². The van der Waals surface area contributed by atoms with Gasteiger partial charge in [-0.1, -0.05) is 133 Å². The predicted molar refractivity (Wildman–Crippen MR) is 218 cm³/mol. The molecule has 1 N–H and O–H groups in total. The average molecular weight is 684 g/mol. The van der Waals surface area contributed by atoms with Gasteiger partial charge in [0.05, 0.1) is 11.1 Å². The van der Waals surface area contributed by atoms with Gasteiger partial charge in [-0.25, -0.2) is 0 Å². The molecule has 8 aromatic rings. The Kier molecular flexibility index (Phi) is 7.58. The van der Waals surface area contributed by atoms with Crippen molar-refractivity contribution < 1.29 is 9.52 Å². The first-order valence-electron chi connectivity index (χ1n) is 18.4. The van der Waals surface area contributed by atoms with Crippen molar-refractivity contribution >= 4 is 44.6 Å². The van der Waals surface area contributed by atoms with E-state index in [1.165, 1.54) is 33.4 Å². The second-order valence-electron chi connectivity index (χ2n) is 14.1. The van der Waals surface area contributed by atoms with Gasteiger partial charge in [-0.15, -0.1) is 0 Å². The third-order valence-corrected chi connectivity index (χ3v) is 11.2. The third-order valence-electron chi connectivity index (χ3n) is 11.2. The molecule has 2 atom stereocenters. The smallest absolute Gasteiger partial charge is 0.137 e. The lowest BCUT2D eigenvalue weighted by atomic mass is 9.76. The molecular formula is C50H37NO2. The first-order valence-corrected chi connectivity index (χ1v) is 18.4. The number of aliphatic hydroxyl groups excluding tert-OH is 1. The highest BCUT2D eigenvalue weighted by Gasteiger charge is 2.27. The standard InChI is InChI=1S/C50H37NO2/c52-46-21-10-19-40(49(46)35-12-2-1-3-13-35)33-24-28-37(29-25-33)51(45-20-11-23-48-50(45)43-18-8-9-22-47(43)53-48)38-30-26-34(27-31-38)44-32-36-14-4-5-15-39(36)41-16-6-7-17-42(41)44/h1-18,20-31,40,44,52H,19,32H2. The number of furan rings is 1. The molecule has 254 valence electrons. The Bertz CT molecular complexity index is 2680. The zero-order valence-corrected chi connectivity index (χ0v) is 29.2. The fourth-order valence-corrected chi connectivity index (χ4v) is 8.69. The molecule has 0 saturated carbocycles. The molecule has 3 nitrogen and oxygen atoms in total. The zero-order chi connectivity index (χ0) is 35.3. The van der Waals surface area contributed by atoms with E-state index in [-0.39, 0.29) is 11.8 Å². The summed E-state index contributed by atoms with van der Waals surface area (Å²) in [5.41, 5.74) is 14.9. The van der Waals surface area contributed by atoms with E-state index < -0.39 is 0 Å². The number of para-hydroxylation sites is 1. The Morgan fingerprint density at radius 2 is 1.19 bits per heavy atom. The molecule has 0 saturated heterocycles. The second kappa shape index (κ2) is 12.9. The van der Waals surface area contributed by atoms with Gasteiger partial charge in [0.15, 0.2) is 0 Å². The number of fused-ring (bicyclic) bond motifs is 6. The quantitative estimate of drug-likeness (QED) is 0.190. The van der Waals surface area contributed by atoms with Gasteiger partial charge in [0.2, 0.25) is 0 Å². The van der Waals surface area contributed by atoms with Crippen molar-refractivity contribution in [1.29, 1.82) is 0 Å². The molecular weight excluding hydrogens is 647 g/mol. The van der Waals surface area contributed by atoms with Crippen molar-refractivity contribution in [3.63, 3.8) is 0 Å². The summed E-state index contributed by atoms with van der Waals surface area (Å²) < 4.78 is 6.38. The van der Waals surface area contributed by atoms with Crippen molar-refractivity contribution in [3.05, 3.63) is 216 Å².